The van der Waals surface area contributed by atoms with E-state index in [9.17, 15) is 9.46 Å². The summed E-state index contributed by atoms with van der Waals surface area (Å²) in [7, 11) is -5.00. The highest BCUT2D eigenvalue weighted by atomic mass is 127. The van der Waals surface area contributed by atoms with E-state index in [0.29, 0.717) is 23.3 Å². The SMILES string of the molecule is CC(C)c1cc(C(C)C)c(-c2cc3ccccc3c3c2OP(=O)([O-])Oc2c(-c4c(C(C)C)cc(C(C)C)cc4C(C)C)cc4ccccc4c2-3)c(C(C)C)c1.O.c1ccc([I+]c2ccccc2)cc1. The lowest BCUT2D eigenvalue weighted by atomic mass is 9.78. The number of hydrogen-bond acceptors (Lipinski definition) is 4. The standard InChI is InChI=1S/C50H57O4P.C12H10I.H2O/c1-27(2)35-23-39(29(5)6)45(40(24-35)30(7)8)43-21-33-17-13-15-19-37(33)47-48-38-20-16-14-18-34(38)22-44(50(48)54-55(51,52)53-49(43)47)46-41(31(9)10)25-36(28(3)4)26-42(46)32(11)12;1-3-7-11(8-4-1)13-12-9-5-2-6-10-12;/h13-32H,1-12H3,(H,51,52);1-10H;1H2/q;+1;/p-1. The first kappa shape index (κ1) is 51.6. The van der Waals surface area contributed by atoms with Crippen molar-refractivity contribution >= 4 is 29.4 Å². The average Bonchev–Trinajstić information content (AvgIpc) is 3.44. The highest BCUT2D eigenvalue weighted by Gasteiger charge is 2.35. The van der Waals surface area contributed by atoms with E-state index >= 15 is 0 Å². The quantitative estimate of drug-likeness (QED) is 0.101. The molecule has 1 heterocycles. The highest BCUT2D eigenvalue weighted by Crippen LogP contribution is 2.62. The molecule has 0 saturated heterocycles. The van der Waals surface area contributed by atoms with Crippen molar-refractivity contribution in [3.05, 3.63) is 186 Å². The van der Waals surface area contributed by atoms with Gasteiger partial charge in [-0.15, -0.1) is 0 Å². The van der Waals surface area contributed by atoms with Crippen LogP contribution in [0, 0.1) is 7.14 Å². The van der Waals surface area contributed by atoms with Crippen molar-refractivity contribution in [1.29, 1.82) is 0 Å². The summed E-state index contributed by atoms with van der Waals surface area (Å²) >= 11 is 0.0287. The zero-order valence-corrected chi connectivity index (χ0v) is 45.3. The average molecular weight is 1050 g/mol. The highest BCUT2D eigenvalue weighted by molar-refractivity contribution is 7.46. The van der Waals surface area contributed by atoms with Gasteiger partial charge in [-0.1, -0.05) is 192 Å². The maximum Gasteiger partial charge on any atom is 0.372 e. The van der Waals surface area contributed by atoms with E-state index in [0.717, 1.165) is 54.9 Å². The molecule has 9 rings (SSSR count). The van der Waals surface area contributed by atoms with Gasteiger partial charge >= 0.3 is 29.0 Å². The topological polar surface area (TPSA) is 90.1 Å². The second-order valence-corrected chi connectivity index (χ2v) is 24.4. The lowest BCUT2D eigenvalue weighted by Gasteiger charge is -2.28. The van der Waals surface area contributed by atoms with Crippen LogP contribution >= 0.6 is 7.82 Å². The molecule has 0 bridgehead atoms. The summed E-state index contributed by atoms with van der Waals surface area (Å²) in [4.78, 5) is 14.6. The number of fused-ring (bicyclic) bond motifs is 7. The number of benzene rings is 8. The van der Waals surface area contributed by atoms with Crippen LogP contribution in [-0.4, -0.2) is 5.48 Å². The van der Waals surface area contributed by atoms with Crippen LogP contribution in [0.5, 0.6) is 11.5 Å². The zero-order chi connectivity index (χ0) is 48.6. The molecule has 0 aromatic heterocycles. The monoisotopic (exact) mass is 1050 g/mol. The Balaban J connectivity index is 0.000000432. The molecule has 7 heteroatoms. The Morgan fingerprint density at radius 1 is 0.406 bits per heavy atom. The zero-order valence-electron chi connectivity index (χ0n) is 42.3. The molecular formula is C62H68IO5P. The van der Waals surface area contributed by atoms with Crippen LogP contribution in [0.1, 0.15) is 152 Å². The van der Waals surface area contributed by atoms with Gasteiger partial charge in [-0.25, -0.2) is 4.57 Å². The van der Waals surface area contributed by atoms with Crippen molar-refractivity contribution in [2.75, 3.05) is 0 Å². The molecule has 1 aliphatic heterocycles. The fraction of sp³-hybridized carbons (Fsp3) is 0.290. The smallest absolute Gasteiger partial charge is 0.372 e. The Kier molecular flexibility index (Phi) is 16.0. The molecule has 0 unspecified atom stereocenters. The van der Waals surface area contributed by atoms with Crippen LogP contribution in [-0.2, 0) is 4.57 Å². The van der Waals surface area contributed by atoms with Gasteiger partial charge < -0.3 is 19.4 Å². The van der Waals surface area contributed by atoms with Crippen LogP contribution in [0.2, 0.25) is 0 Å². The van der Waals surface area contributed by atoms with Gasteiger partial charge in [0.1, 0.15) is 11.5 Å². The molecule has 2 N–H and O–H groups in total. The fourth-order valence-electron chi connectivity index (χ4n) is 9.57. The van der Waals surface area contributed by atoms with Crippen LogP contribution in [0.4, 0.5) is 0 Å². The second-order valence-electron chi connectivity index (χ2n) is 20.1. The van der Waals surface area contributed by atoms with E-state index < -0.39 is 7.82 Å². The predicted molar refractivity (Wildman–Crippen MR) is 285 cm³/mol. The molecule has 0 amide bonds. The molecule has 0 fully saturated rings. The minimum atomic E-state index is -5.00. The van der Waals surface area contributed by atoms with Crippen LogP contribution < -0.4 is 35.1 Å². The first-order valence-electron chi connectivity index (χ1n) is 24.4. The molecule has 0 saturated carbocycles. The molecule has 0 radical (unpaired) electrons. The summed E-state index contributed by atoms with van der Waals surface area (Å²) in [5.41, 5.74) is 12.3. The van der Waals surface area contributed by atoms with Gasteiger partial charge in [-0.05, 0) is 138 Å². The van der Waals surface area contributed by atoms with Gasteiger partial charge in [0.25, 0.3) is 0 Å². The number of phosphoric acid groups is 1. The summed E-state index contributed by atoms with van der Waals surface area (Å²) < 4.78 is 30.3. The summed E-state index contributed by atoms with van der Waals surface area (Å²) in [6.07, 6.45) is 0. The first-order chi connectivity index (χ1) is 32.4. The molecule has 1 aliphatic rings. The van der Waals surface area contributed by atoms with E-state index in [1.54, 1.807) is 0 Å². The normalized spacial score (nSPS) is 13.0. The van der Waals surface area contributed by atoms with Crippen LogP contribution in [0.25, 0.3) is 54.9 Å². The largest absolute Gasteiger partial charge is 0.736 e. The molecule has 358 valence electrons. The second kappa shape index (κ2) is 21.4. The van der Waals surface area contributed by atoms with Crippen molar-refractivity contribution in [2.24, 2.45) is 0 Å². The molecule has 0 aliphatic carbocycles. The molecule has 8 aromatic carbocycles. The molecular weight excluding hydrogens is 983 g/mol. The molecule has 8 aromatic rings. The predicted octanol–water partition coefficient (Wildman–Crippen LogP) is 14.0. The first-order valence-corrected chi connectivity index (χ1v) is 28.0. The minimum Gasteiger partial charge on any atom is -0.736 e. The summed E-state index contributed by atoms with van der Waals surface area (Å²) in [5.74, 6) is 2.01. The Morgan fingerprint density at radius 3 is 1.01 bits per heavy atom. The number of hydrogen-bond donors (Lipinski definition) is 0. The Bertz CT molecular complexity index is 2890. The molecule has 69 heavy (non-hydrogen) atoms. The lowest BCUT2D eigenvalue weighted by Crippen LogP contribution is -3.61. The van der Waals surface area contributed by atoms with Crippen molar-refractivity contribution in [2.45, 2.75) is 119 Å². The lowest BCUT2D eigenvalue weighted by molar-refractivity contribution is -0.597. The number of phosphoric ester groups is 1. The van der Waals surface area contributed by atoms with Crippen LogP contribution in [0.3, 0.4) is 0 Å². The van der Waals surface area contributed by atoms with E-state index in [-0.39, 0.29) is 50.4 Å². The maximum atomic E-state index is 14.6. The van der Waals surface area contributed by atoms with Gasteiger partial charge in [0, 0.05) is 22.3 Å². The van der Waals surface area contributed by atoms with Gasteiger partial charge in [0.15, 0.2) is 7.14 Å². The third kappa shape index (κ3) is 10.8. The summed E-state index contributed by atoms with van der Waals surface area (Å²) in [6, 6.07) is 51.5. The van der Waals surface area contributed by atoms with Crippen molar-refractivity contribution in [3.63, 3.8) is 0 Å². The van der Waals surface area contributed by atoms with Crippen molar-refractivity contribution in [1.82, 2.24) is 0 Å². The number of rotatable bonds is 10. The minimum absolute atomic E-state index is 0. The van der Waals surface area contributed by atoms with Crippen LogP contribution in [0.15, 0.2) is 146 Å². The van der Waals surface area contributed by atoms with Crippen molar-refractivity contribution < 1.29 is 45.2 Å². The van der Waals surface area contributed by atoms with Gasteiger partial charge in [-0.2, -0.15) is 0 Å². The summed E-state index contributed by atoms with van der Waals surface area (Å²) in [6.45, 7) is 26.6. The molecule has 5 nitrogen and oxygen atoms in total. The Labute approximate surface area is 421 Å². The fourth-order valence-corrected chi connectivity index (χ4v) is 12.7. The van der Waals surface area contributed by atoms with Gasteiger partial charge in [0.05, 0.1) is 0 Å². The number of halogens is 1. The Hall–Kier alpha value is -5.24. The van der Waals surface area contributed by atoms with Crippen molar-refractivity contribution in [3.8, 4) is 44.9 Å². The third-order valence-electron chi connectivity index (χ3n) is 13.1. The van der Waals surface area contributed by atoms with E-state index in [4.69, 9.17) is 9.05 Å². The maximum absolute atomic E-state index is 14.6. The van der Waals surface area contributed by atoms with E-state index in [1.807, 2.05) is 12.1 Å². The van der Waals surface area contributed by atoms with E-state index in [2.05, 4.69) is 217 Å². The molecule has 0 atom stereocenters. The van der Waals surface area contributed by atoms with E-state index in [1.165, 1.54) is 40.5 Å². The molecule has 0 spiro atoms. The summed E-state index contributed by atoms with van der Waals surface area (Å²) in [5, 5.41) is 3.84. The van der Waals surface area contributed by atoms with Gasteiger partial charge in [0.2, 0.25) is 0 Å². The Morgan fingerprint density at radius 2 is 0.710 bits per heavy atom. The van der Waals surface area contributed by atoms with Gasteiger partial charge in [-0.3, -0.25) is 0 Å². The third-order valence-corrected chi connectivity index (χ3v) is 16.6.